The Bertz CT molecular complexity index is 1200. The van der Waals surface area contributed by atoms with E-state index in [4.69, 9.17) is 9.26 Å². The Morgan fingerprint density at radius 2 is 1.90 bits per heavy atom. The van der Waals surface area contributed by atoms with Gasteiger partial charge in [0, 0.05) is 17.7 Å². The maximum Gasteiger partial charge on any atom is 0.287 e. The Morgan fingerprint density at radius 3 is 2.66 bits per heavy atom. The van der Waals surface area contributed by atoms with Crippen LogP contribution in [0.5, 0.6) is 11.7 Å². The van der Waals surface area contributed by atoms with Gasteiger partial charge in [-0.05, 0) is 16.8 Å². The van der Waals surface area contributed by atoms with E-state index in [0.29, 0.717) is 33.9 Å². The van der Waals surface area contributed by atoms with Crippen molar-refractivity contribution in [2.24, 2.45) is 5.10 Å². The highest BCUT2D eigenvalue weighted by molar-refractivity contribution is 7.99. The van der Waals surface area contributed by atoms with E-state index in [9.17, 15) is 5.11 Å². The number of methoxy groups -OCH3 is 1. The number of rotatable bonds is 4. The van der Waals surface area contributed by atoms with Gasteiger partial charge in [0.15, 0.2) is 11.8 Å². The van der Waals surface area contributed by atoms with Gasteiger partial charge in [0.05, 0.1) is 18.1 Å². The van der Waals surface area contributed by atoms with Crippen LogP contribution in [0.1, 0.15) is 5.69 Å². The molecule has 1 aliphatic rings. The lowest BCUT2D eigenvalue weighted by Gasteiger charge is -2.12. The number of aromatic nitrogens is 5. The lowest BCUT2D eigenvalue weighted by molar-refractivity contribution is -0.671. The van der Waals surface area contributed by atoms with Gasteiger partial charge in [-0.15, -0.1) is 10.2 Å². The lowest BCUT2D eigenvalue weighted by atomic mass is 10.2. The van der Waals surface area contributed by atoms with Crippen LogP contribution < -0.4 is 14.5 Å². The van der Waals surface area contributed by atoms with E-state index >= 15 is 0 Å². The number of fused-ring (bicyclic) bond motifs is 1. The fourth-order valence-corrected chi connectivity index (χ4v) is 3.81. The Morgan fingerprint density at radius 1 is 1.10 bits per heavy atom. The number of hydrogen-bond donors (Lipinski definition) is 0. The topological polar surface area (TPSA) is 105 Å². The first kappa shape index (κ1) is 17.4. The predicted molar refractivity (Wildman–Crippen MR) is 102 cm³/mol. The second-order valence-corrected chi connectivity index (χ2v) is 7.08. The molecular weight excluding hydrogens is 392 g/mol. The quantitative estimate of drug-likeness (QED) is 0.475. The maximum atomic E-state index is 12.4. The second kappa shape index (κ2) is 7.06. The highest BCUT2D eigenvalue weighted by atomic mass is 32.2. The molecule has 0 atom stereocenters. The van der Waals surface area contributed by atoms with E-state index in [-0.39, 0.29) is 5.69 Å². The maximum absolute atomic E-state index is 12.4. The van der Waals surface area contributed by atoms with Crippen LogP contribution in [0.2, 0.25) is 0 Å². The molecular formula is C19H14N6O3S. The SMILES string of the molecule is COc1ccc(-[n+]2noc([O-])c2C2=Nn3c(nnc3-c3ccccc3)SC2)cc1. The molecule has 9 nitrogen and oxygen atoms in total. The van der Waals surface area contributed by atoms with Crippen LogP contribution in [0.4, 0.5) is 0 Å². The van der Waals surface area contributed by atoms with Crippen LogP contribution >= 0.6 is 11.8 Å². The van der Waals surface area contributed by atoms with Crippen LogP contribution in [0, 0.1) is 0 Å². The van der Waals surface area contributed by atoms with Gasteiger partial charge in [-0.25, -0.2) is 0 Å². The Kier molecular flexibility index (Phi) is 4.24. The van der Waals surface area contributed by atoms with E-state index in [1.54, 1.807) is 36.1 Å². The highest BCUT2D eigenvalue weighted by Crippen LogP contribution is 2.29. The number of ether oxygens (including phenoxy) is 1. The first-order valence-corrected chi connectivity index (χ1v) is 9.68. The first-order valence-electron chi connectivity index (χ1n) is 8.70. The van der Waals surface area contributed by atoms with Gasteiger partial charge in [-0.1, -0.05) is 42.1 Å². The van der Waals surface area contributed by atoms with Crippen molar-refractivity contribution >= 4 is 17.5 Å². The Hall–Kier alpha value is -3.66. The van der Waals surface area contributed by atoms with E-state index in [2.05, 4.69) is 20.6 Å². The summed E-state index contributed by atoms with van der Waals surface area (Å²) >= 11 is 1.45. The third-order valence-corrected chi connectivity index (χ3v) is 5.33. The molecule has 0 bridgehead atoms. The summed E-state index contributed by atoms with van der Waals surface area (Å²) in [6.45, 7) is 0. The molecule has 2 aromatic heterocycles. The largest absolute Gasteiger partial charge is 0.539 e. The molecule has 1 aliphatic heterocycles. The number of hydrogen-bond acceptors (Lipinski definition) is 8. The van der Waals surface area contributed by atoms with Crippen molar-refractivity contribution < 1.29 is 19.0 Å². The lowest BCUT2D eigenvalue weighted by Crippen LogP contribution is -2.40. The molecule has 2 aromatic carbocycles. The molecule has 0 radical (unpaired) electrons. The summed E-state index contributed by atoms with van der Waals surface area (Å²) in [5.74, 6) is 1.19. The number of nitrogens with zero attached hydrogens (tertiary/aromatic N) is 6. The average molecular weight is 406 g/mol. The Balaban J connectivity index is 1.60. The second-order valence-electron chi connectivity index (χ2n) is 6.14. The minimum absolute atomic E-state index is 0.265. The molecule has 4 aromatic rings. The van der Waals surface area contributed by atoms with Crippen molar-refractivity contribution in [2.45, 2.75) is 5.16 Å². The van der Waals surface area contributed by atoms with Gasteiger partial charge in [-0.2, -0.15) is 9.78 Å². The number of thioether (sulfide) groups is 1. The summed E-state index contributed by atoms with van der Waals surface area (Å²) in [5, 5.41) is 30.1. The molecule has 0 spiro atoms. The smallest absolute Gasteiger partial charge is 0.287 e. The van der Waals surface area contributed by atoms with Crippen molar-refractivity contribution in [1.82, 2.24) is 20.1 Å². The van der Waals surface area contributed by atoms with Gasteiger partial charge in [-0.3, -0.25) is 0 Å². The fourth-order valence-electron chi connectivity index (χ4n) is 3.00. The summed E-state index contributed by atoms with van der Waals surface area (Å²) < 4.78 is 13.2. The minimum Gasteiger partial charge on any atom is -0.539 e. The summed E-state index contributed by atoms with van der Waals surface area (Å²) in [6.07, 6.45) is 0. The monoisotopic (exact) mass is 406 g/mol. The summed E-state index contributed by atoms with van der Waals surface area (Å²) in [5.41, 5.74) is 2.34. The van der Waals surface area contributed by atoms with E-state index in [1.807, 2.05) is 30.3 Å². The molecule has 0 amide bonds. The molecule has 0 saturated carbocycles. The zero-order valence-electron chi connectivity index (χ0n) is 15.2. The standard InChI is InChI=1S/C19H14N6O3S/c1-27-14-9-7-13(8-10-14)24-16(18(26)28-23-24)15-11-29-19-21-20-17(25(19)22-15)12-5-3-2-4-6-12/h2-10H,11H2,1H3. The van der Waals surface area contributed by atoms with Crippen molar-refractivity contribution in [1.29, 1.82) is 0 Å². The van der Waals surface area contributed by atoms with Crippen LogP contribution in [0.25, 0.3) is 17.1 Å². The van der Waals surface area contributed by atoms with Crippen molar-refractivity contribution in [2.75, 3.05) is 12.9 Å². The summed E-state index contributed by atoms with van der Waals surface area (Å²) in [7, 11) is 1.59. The van der Waals surface area contributed by atoms with Gasteiger partial charge >= 0.3 is 0 Å². The zero-order chi connectivity index (χ0) is 19.8. The van der Waals surface area contributed by atoms with Crippen LogP contribution in [0.15, 0.2) is 69.4 Å². The van der Waals surface area contributed by atoms with Crippen molar-refractivity contribution in [3.8, 4) is 28.8 Å². The van der Waals surface area contributed by atoms with Gasteiger partial charge in [0.2, 0.25) is 10.8 Å². The molecule has 0 N–H and O–H groups in total. The fraction of sp³-hybridized carbons (Fsp3) is 0.105. The molecule has 0 unspecified atom stereocenters. The number of benzene rings is 2. The van der Waals surface area contributed by atoms with Crippen LogP contribution in [-0.2, 0) is 0 Å². The highest BCUT2D eigenvalue weighted by Gasteiger charge is 2.30. The molecule has 10 heteroatoms. The van der Waals surface area contributed by atoms with E-state index < -0.39 is 5.95 Å². The van der Waals surface area contributed by atoms with Gasteiger partial charge < -0.3 is 14.4 Å². The predicted octanol–water partition coefficient (Wildman–Crippen LogP) is 1.65. The molecule has 144 valence electrons. The van der Waals surface area contributed by atoms with Crippen LogP contribution in [-0.4, -0.2) is 38.7 Å². The zero-order valence-corrected chi connectivity index (χ0v) is 16.0. The normalized spacial score (nSPS) is 13.1. The molecule has 3 heterocycles. The molecule has 29 heavy (non-hydrogen) atoms. The van der Waals surface area contributed by atoms with E-state index in [0.717, 1.165) is 5.56 Å². The van der Waals surface area contributed by atoms with Crippen molar-refractivity contribution in [3.63, 3.8) is 0 Å². The van der Waals surface area contributed by atoms with Gasteiger partial charge in [0.25, 0.3) is 5.69 Å². The van der Waals surface area contributed by atoms with E-state index in [1.165, 1.54) is 16.4 Å². The average Bonchev–Trinajstić information content (AvgIpc) is 3.37. The third kappa shape index (κ3) is 3.03. The van der Waals surface area contributed by atoms with Crippen molar-refractivity contribution in [3.05, 3.63) is 60.3 Å². The minimum atomic E-state index is -0.557. The molecule has 0 fully saturated rings. The summed E-state index contributed by atoms with van der Waals surface area (Å²) in [4.78, 5) is 0. The third-order valence-electron chi connectivity index (χ3n) is 4.40. The molecule has 5 rings (SSSR count). The molecule has 0 aliphatic carbocycles. The first-order chi connectivity index (χ1) is 14.2. The van der Waals surface area contributed by atoms with Crippen LogP contribution in [0.3, 0.4) is 0 Å². The summed E-state index contributed by atoms with van der Waals surface area (Å²) in [6, 6.07) is 16.8. The molecule has 0 saturated heterocycles. The Labute approximate surface area is 169 Å². The van der Waals surface area contributed by atoms with Gasteiger partial charge in [0.1, 0.15) is 11.5 Å².